The van der Waals surface area contributed by atoms with Gasteiger partial charge >= 0.3 is 0 Å². The van der Waals surface area contributed by atoms with E-state index in [0.717, 1.165) is 19.5 Å². The molecule has 0 fully saturated rings. The minimum Gasteiger partial charge on any atom is -0.398 e. The molecular weight excluding hydrogens is 318 g/mol. The zero-order valence-corrected chi connectivity index (χ0v) is 13.8. The fourth-order valence-electron chi connectivity index (χ4n) is 2.62. The van der Waals surface area contributed by atoms with Crippen molar-refractivity contribution >= 4 is 27.0 Å². The number of nitrogens with zero attached hydrogens (tertiary/aromatic N) is 1. The molecule has 0 saturated heterocycles. The van der Waals surface area contributed by atoms with E-state index in [-0.39, 0.29) is 10.6 Å². The van der Waals surface area contributed by atoms with E-state index in [1.54, 1.807) is 29.5 Å². The normalized spacial score (nSPS) is 15.6. The molecule has 0 bridgehead atoms. The van der Waals surface area contributed by atoms with Crippen LogP contribution in [0.25, 0.3) is 0 Å². The molecule has 0 saturated carbocycles. The van der Waals surface area contributed by atoms with Gasteiger partial charge in [-0.1, -0.05) is 12.1 Å². The number of anilines is 1. The second kappa shape index (κ2) is 6.37. The van der Waals surface area contributed by atoms with E-state index in [2.05, 4.69) is 21.1 Å². The van der Waals surface area contributed by atoms with Gasteiger partial charge in [0.2, 0.25) is 10.0 Å². The highest BCUT2D eigenvalue weighted by Gasteiger charge is 2.19. The minimum atomic E-state index is -3.54. The average molecular weight is 337 g/mol. The lowest BCUT2D eigenvalue weighted by Gasteiger charge is -2.26. The number of nitrogen functional groups attached to an aromatic ring is 1. The van der Waals surface area contributed by atoms with Gasteiger partial charge in [-0.25, -0.2) is 13.1 Å². The van der Waals surface area contributed by atoms with Gasteiger partial charge in [0.15, 0.2) is 0 Å². The monoisotopic (exact) mass is 337 g/mol. The van der Waals surface area contributed by atoms with Crippen molar-refractivity contribution < 1.29 is 8.42 Å². The first-order chi connectivity index (χ1) is 10.6. The largest absolute Gasteiger partial charge is 0.398 e. The molecule has 2 heterocycles. The van der Waals surface area contributed by atoms with Crippen LogP contribution >= 0.6 is 11.3 Å². The van der Waals surface area contributed by atoms with E-state index in [9.17, 15) is 8.42 Å². The Morgan fingerprint density at radius 1 is 1.27 bits per heavy atom. The van der Waals surface area contributed by atoms with Crippen LogP contribution in [0.4, 0.5) is 5.69 Å². The Bertz CT molecular complexity index is 756. The summed E-state index contributed by atoms with van der Waals surface area (Å²) in [4.78, 5) is 3.81. The van der Waals surface area contributed by atoms with Crippen LogP contribution in [0.2, 0.25) is 0 Å². The van der Waals surface area contributed by atoms with Crippen LogP contribution in [-0.4, -0.2) is 33.0 Å². The fraction of sp³-hybridized carbons (Fsp3) is 0.333. The van der Waals surface area contributed by atoms with E-state index < -0.39 is 10.0 Å². The van der Waals surface area contributed by atoms with Crippen LogP contribution in [0.1, 0.15) is 10.4 Å². The molecule has 0 radical (unpaired) electrons. The maximum atomic E-state index is 12.2. The molecule has 0 atom stereocenters. The van der Waals surface area contributed by atoms with Crippen LogP contribution in [0.5, 0.6) is 0 Å². The van der Waals surface area contributed by atoms with Gasteiger partial charge in [0.1, 0.15) is 4.90 Å². The van der Waals surface area contributed by atoms with Crippen molar-refractivity contribution in [2.75, 3.05) is 25.4 Å². The summed E-state index contributed by atoms with van der Waals surface area (Å²) in [5.74, 6) is 0. The number of hydrogen-bond donors (Lipinski definition) is 2. The fourth-order valence-corrected chi connectivity index (χ4v) is 4.75. The molecule has 1 aliphatic heterocycles. The maximum Gasteiger partial charge on any atom is 0.242 e. The first-order valence-electron chi connectivity index (χ1n) is 7.18. The standard InChI is InChI=1S/C15H19N3O2S2/c16-13-3-1-2-4-15(13)22(19,20)17-7-9-18-8-5-12-6-10-21-14(12)11-18/h1-4,6,10,17H,5,7-9,11,16H2. The zero-order chi connectivity index (χ0) is 15.6. The molecule has 5 nitrogen and oxygen atoms in total. The van der Waals surface area contributed by atoms with Gasteiger partial charge in [-0.3, -0.25) is 4.90 Å². The summed E-state index contributed by atoms with van der Waals surface area (Å²) in [6.45, 7) is 2.96. The van der Waals surface area contributed by atoms with Gasteiger partial charge in [-0.15, -0.1) is 11.3 Å². The van der Waals surface area contributed by atoms with Gasteiger partial charge in [0.25, 0.3) is 0 Å². The number of thiophene rings is 1. The molecule has 0 aliphatic carbocycles. The van der Waals surface area contributed by atoms with Gasteiger partial charge in [-0.2, -0.15) is 0 Å². The molecule has 22 heavy (non-hydrogen) atoms. The van der Waals surface area contributed by atoms with E-state index >= 15 is 0 Å². The molecule has 1 aromatic carbocycles. The minimum absolute atomic E-state index is 0.147. The number of hydrogen-bond acceptors (Lipinski definition) is 5. The van der Waals surface area contributed by atoms with Crippen molar-refractivity contribution in [2.45, 2.75) is 17.9 Å². The Morgan fingerprint density at radius 3 is 2.91 bits per heavy atom. The molecule has 1 aliphatic rings. The number of fused-ring (bicyclic) bond motifs is 1. The summed E-state index contributed by atoms with van der Waals surface area (Å²) in [6, 6.07) is 8.70. The predicted molar refractivity (Wildman–Crippen MR) is 89.3 cm³/mol. The molecule has 3 rings (SSSR count). The van der Waals surface area contributed by atoms with Crippen molar-refractivity contribution in [1.82, 2.24) is 9.62 Å². The summed E-state index contributed by atoms with van der Waals surface area (Å²) in [5.41, 5.74) is 7.44. The highest BCUT2D eigenvalue weighted by Crippen LogP contribution is 2.23. The Hall–Kier alpha value is -1.41. The van der Waals surface area contributed by atoms with Crippen LogP contribution < -0.4 is 10.5 Å². The lowest BCUT2D eigenvalue weighted by atomic mass is 10.1. The molecule has 118 valence electrons. The highest BCUT2D eigenvalue weighted by atomic mass is 32.2. The van der Waals surface area contributed by atoms with Crippen LogP contribution in [0.3, 0.4) is 0 Å². The Balaban J connectivity index is 1.56. The highest BCUT2D eigenvalue weighted by molar-refractivity contribution is 7.89. The topological polar surface area (TPSA) is 75.4 Å². The molecule has 0 amide bonds. The van der Waals surface area contributed by atoms with Crippen molar-refractivity contribution in [2.24, 2.45) is 0 Å². The third-order valence-corrected chi connectivity index (χ3v) is 6.31. The lowest BCUT2D eigenvalue weighted by molar-refractivity contribution is 0.262. The van der Waals surface area contributed by atoms with Crippen molar-refractivity contribution in [3.8, 4) is 0 Å². The number of nitrogens with one attached hydrogen (secondary N) is 1. The van der Waals surface area contributed by atoms with Crippen molar-refractivity contribution in [1.29, 1.82) is 0 Å². The van der Waals surface area contributed by atoms with Crippen LogP contribution in [-0.2, 0) is 23.0 Å². The lowest BCUT2D eigenvalue weighted by Crippen LogP contribution is -2.37. The molecule has 0 unspecified atom stereocenters. The number of rotatable bonds is 5. The summed E-state index contributed by atoms with van der Waals surface area (Å²) in [6.07, 6.45) is 1.04. The number of sulfonamides is 1. The van der Waals surface area contributed by atoms with Gasteiger partial charge in [-0.05, 0) is 35.6 Å². The SMILES string of the molecule is Nc1ccccc1S(=O)(=O)NCCN1CCc2ccsc2C1. The second-order valence-electron chi connectivity index (χ2n) is 5.33. The molecule has 3 N–H and O–H groups in total. The van der Waals surface area contributed by atoms with Crippen molar-refractivity contribution in [3.05, 3.63) is 46.2 Å². The zero-order valence-electron chi connectivity index (χ0n) is 12.2. The van der Waals surface area contributed by atoms with E-state index in [1.165, 1.54) is 16.5 Å². The molecular formula is C15H19N3O2S2. The Labute approximate surface area is 134 Å². The predicted octanol–water partition coefficient (Wildman–Crippen LogP) is 1.67. The first-order valence-corrected chi connectivity index (χ1v) is 9.54. The maximum absolute atomic E-state index is 12.2. The Kier molecular flexibility index (Phi) is 4.49. The van der Waals surface area contributed by atoms with E-state index in [4.69, 9.17) is 5.73 Å². The average Bonchev–Trinajstić information content (AvgIpc) is 2.95. The molecule has 2 aromatic rings. The third kappa shape index (κ3) is 3.33. The molecule has 1 aromatic heterocycles. The van der Waals surface area contributed by atoms with Crippen molar-refractivity contribution in [3.63, 3.8) is 0 Å². The second-order valence-corrected chi connectivity index (χ2v) is 8.07. The number of benzene rings is 1. The molecule has 0 spiro atoms. The van der Waals surface area contributed by atoms with Gasteiger partial charge in [0, 0.05) is 31.1 Å². The van der Waals surface area contributed by atoms with Crippen LogP contribution in [0, 0.1) is 0 Å². The van der Waals surface area contributed by atoms with E-state index in [1.807, 2.05) is 0 Å². The summed E-state index contributed by atoms with van der Waals surface area (Å²) in [7, 11) is -3.54. The molecule has 7 heteroatoms. The summed E-state index contributed by atoms with van der Waals surface area (Å²) < 4.78 is 27.1. The quantitative estimate of drug-likeness (QED) is 0.814. The van der Waals surface area contributed by atoms with Crippen LogP contribution in [0.15, 0.2) is 40.6 Å². The smallest absolute Gasteiger partial charge is 0.242 e. The van der Waals surface area contributed by atoms with Gasteiger partial charge in [0.05, 0.1) is 5.69 Å². The van der Waals surface area contributed by atoms with Gasteiger partial charge < -0.3 is 5.73 Å². The Morgan fingerprint density at radius 2 is 2.09 bits per heavy atom. The van der Waals surface area contributed by atoms with E-state index in [0.29, 0.717) is 13.1 Å². The number of nitrogens with two attached hydrogens (primary N) is 1. The summed E-state index contributed by atoms with van der Waals surface area (Å²) >= 11 is 1.77. The summed E-state index contributed by atoms with van der Waals surface area (Å²) in [5, 5.41) is 2.12. The third-order valence-electron chi connectivity index (χ3n) is 3.83. The first kappa shape index (κ1) is 15.5. The number of para-hydroxylation sites is 1.